The molecule has 0 aliphatic carbocycles. The van der Waals surface area contributed by atoms with Gasteiger partial charge in [-0.15, -0.1) is 0 Å². The van der Waals surface area contributed by atoms with Crippen molar-refractivity contribution in [2.24, 2.45) is 0 Å². The molecule has 0 bridgehead atoms. The minimum atomic E-state index is 0.344. The summed E-state index contributed by atoms with van der Waals surface area (Å²) in [7, 11) is 0. The molecule has 4 nitrogen and oxygen atoms in total. The number of nitrogens with zero attached hydrogens (tertiary/aromatic N) is 3. The molecule has 0 aromatic carbocycles. The molecule has 0 aromatic heterocycles. The first-order valence-corrected chi connectivity index (χ1v) is 8.02. The summed E-state index contributed by atoms with van der Waals surface area (Å²) in [6, 6.07) is 0. The highest BCUT2D eigenvalue weighted by Crippen LogP contribution is 2.09. The van der Waals surface area contributed by atoms with E-state index in [1.54, 1.807) is 0 Å². The number of rotatable bonds is 6. The first-order valence-electron chi connectivity index (χ1n) is 8.02. The molecule has 0 spiro atoms. The van der Waals surface area contributed by atoms with Gasteiger partial charge in [-0.3, -0.25) is 9.69 Å². The van der Waals surface area contributed by atoms with E-state index in [9.17, 15) is 4.79 Å². The van der Waals surface area contributed by atoms with Crippen LogP contribution >= 0.6 is 0 Å². The lowest BCUT2D eigenvalue weighted by molar-refractivity contribution is -0.131. The first kappa shape index (κ1) is 14.8. The van der Waals surface area contributed by atoms with E-state index < -0.39 is 0 Å². The third kappa shape index (κ3) is 4.77. The Bertz CT molecular complexity index is 269. The van der Waals surface area contributed by atoms with Crippen LogP contribution < -0.4 is 0 Å². The van der Waals surface area contributed by atoms with Gasteiger partial charge in [-0.05, 0) is 25.8 Å². The van der Waals surface area contributed by atoms with Gasteiger partial charge in [0.25, 0.3) is 0 Å². The quantitative estimate of drug-likeness (QED) is 0.681. The van der Waals surface area contributed by atoms with Gasteiger partial charge in [0.2, 0.25) is 5.91 Å². The molecular weight excluding hydrogens is 238 g/mol. The summed E-state index contributed by atoms with van der Waals surface area (Å²) in [6.45, 7) is 10.5. The monoisotopic (exact) mass is 267 g/mol. The Morgan fingerprint density at radius 2 is 1.53 bits per heavy atom. The molecule has 0 unspecified atom stereocenters. The number of unbranched alkanes of at least 4 members (excludes halogenated alkanes) is 2. The molecule has 0 radical (unpaired) electrons. The standard InChI is InChI=1S/C15H29N3O/c1-2-3-4-7-16-10-12-17(13-11-16)14-15(19)18-8-5-6-9-18/h2-14H2,1H3. The van der Waals surface area contributed by atoms with Gasteiger partial charge in [-0.25, -0.2) is 0 Å². The lowest BCUT2D eigenvalue weighted by Gasteiger charge is -2.35. The van der Waals surface area contributed by atoms with Crippen LogP contribution in [0.4, 0.5) is 0 Å². The van der Waals surface area contributed by atoms with Crippen LogP contribution in [-0.2, 0) is 4.79 Å². The third-order valence-corrected chi connectivity index (χ3v) is 4.36. The van der Waals surface area contributed by atoms with Gasteiger partial charge in [-0.1, -0.05) is 19.8 Å². The van der Waals surface area contributed by atoms with Crippen molar-refractivity contribution in [3.05, 3.63) is 0 Å². The number of hydrogen-bond donors (Lipinski definition) is 0. The third-order valence-electron chi connectivity index (χ3n) is 4.36. The highest BCUT2D eigenvalue weighted by molar-refractivity contribution is 5.78. The molecule has 0 aromatic rings. The Morgan fingerprint density at radius 3 is 2.16 bits per heavy atom. The van der Waals surface area contributed by atoms with Crippen molar-refractivity contribution in [1.82, 2.24) is 14.7 Å². The van der Waals surface area contributed by atoms with Crippen LogP contribution in [0.3, 0.4) is 0 Å². The summed E-state index contributed by atoms with van der Waals surface area (Å²) >= 11 is 0. The minimum absolute atomic E-state index is 0.344. The molecule has 0 atom stereocenters. The highest BCUT2D eigenvalue weighted by Gasteiger charge is 2.22. The topological polar surface area (TPSA) is 26.8 Å². The van der Waals surface area contributed by atoms with Crippen molar-refractivity contribution < 1.29 is 4.79 Å². The zero-order valence-electron chi connectivity index (χ0n) is 12.4. The molecule has 19 heavy (non-hydrogen) atoms. The van der Waals surface area contributed by atoms with Crippen molar-refractivity contribution in [3.8, 4) is 0 Å². The molecule has 2 fully saturated rings. The largest absolute Gasteiger partial charge is 0.342 e. The number of likely N-dealkylation sites (tertiary alicyclic amines) is 1. The van der Waals surface area contributed by atoms with Gasteiger partial charge in [0, 0.05) is 39.3 Å². The fraction of sp³-hybridized carbons (Fsp3) is 0.933. The van der Waals surface area contributed by atoms with Crippen molar-refractivity contribution in [1.29, 1.82) is 0 Å². The summed E-state index contributed by atoms with van der Waals surface area (Å²) in [5, 5.41) is 0. The second kappa shape index (κ2) is 7.85. The summed E-state index contributed by atoms with van der Waals surface area (Å²) in [6.07, 6.45) is 6.34. The van der Waals surface area contributed by atoms with Crippen LogP contribution in [0.5, 0.6) is 0 Å². The Kier molecular flexibility index (Phi) is 6.11. The highest BCUT2D eigenvalue weighted by atomic mass is 16.2. The fourth-order valence-electron chi connectivity index (χ4n) is 3.01. The van der Waals surface area contributed by atoms with Crippen molar-refractivity contribution >= 4 is 5.91 Å². The summed E-state index contributed by atoms with van der Waals surface area (Å²) in [5.41, 5.74) is 0. The van der Waals surface area contributed by atoms with Crippen LogP contribution in [0, 0.1) is 0 Å². The molecular formula is C15H29N3O. The van der Waals surface area contributed by atoms with E-state index in [1.165, 1.54) is 38.6 Å². The average molecular weight is 267 g/mol. The molecule has 2 rings (SSSR count). The molecule has 2 aliphatic heterocycles. The zero-order chi connectivity index (χ0) is 13.5. The van der Waals surface area contributed by atoms with Crippen molar-refractivity contribution in [3.63, 3.8) is 0 Å². The fourth-order valence-corrected chi connectivity index (χ4v) is 3.01. The Hall–Kier alpha value is -0.610. The molecule has 2 heterocycles. The second-order valence-electron chi connectivity index (χ2n) is 5.91. The van der Waals surface area contributed by atoms with E-state index >= 15 is 0 Å². The zero-order valence-corrected chi connectivity index (χ0v) is 12.4. The Labute approximate surface area is 117 Å². The van der Waals surface area contributed by atoms with E-state index in [0.29, 0.717) is 12.5 Å². The maximum atomic E-state index is 12.1. The van der Waals surface area contributed by atoms with Gasteiger partial charge in [0.05, 0.1) is 6.54 Å². The summed E-state index contributed by atoms with van der Waals surface area (Å²) < 4.78 is 0. The number of piperazine rings is 1. The predicted octanol–water partition coefficient (Wildman–Crippen LogP) is 1.42. The normalized spacial score (nSPS) is 22.1. The molecule has 1 amide bonds. The van der Waals surface area contributed by atoms with E-state index in [-0.39, 0.29) is 0 Å². The van der Waals surface area contributed by atoms with Crippen molar-refractivity contribution in [2.45, 2.75) is 39.0 Å². The van der Waals surface area contributed by atoms with Crippen LogP contribution in [0.2, 0.25) is 0 Å². The number of amides is 1. The molecule has 0 N–H and O–H groups in total. The molecule has 2 saturated heterocycles. The maximum Gasteiger partial charge on any atom is 0.236 e. The maximum absolute atomic E-state index is 12.1. The van der Waals surface area contributed by atoms with E-state index in [2.05, 4.69) is 16.7 Å². The van der Waals surface area contributed by atoms with Crippen LogP contribution in [0.1, 0.15) is 39.0 Å². The second-order valence-corrected chi connectivity index (χ2v) is 5.91. The molecule has 4 heteroatoms. The van der Waals surface area contributed by atoms with Crippen LogP contribution in [-0.4, -0.2) is 73.0 Å². The van der Waals surface area contributed by atoms with Crippen LogP contribution in [0.25, 0.3) is 0 Å². The van der Waals surface area contributed by atoms with Gasteiger partial charge in [-0.2, -0.15) is 0 Å². The molecule has 0 saturated carbocycles. The Morgan fingerprint density at radius 1 is 0.895 bits per heavy atom. The molecule has 2 aliphatic rings. The van der Waals surface area contributed by atoms with Crippen LogP contribution in [0.15, 0.2) is 0 Å². The summed E-state index contributed by atoms with van der Waals surface area (Å²) in [4.78, 5) is 19.0. The SMILES string of the molecule is CCCCCN1CCN(CC(=O)N2CCCC2)CC1. The lowest BCUT2D eigenvalue weighted by Crippen LogP contribution is -2.49. The smallest absolute Gasteiger partial charge is 0.236 e. The van der Waals surface area contributed by atoms with Crippen molar-refractivity contribution in [2.75, 3.05) is 52.4 Å². The van der Waals surface area contributed by atoms with E-state index in [1.807, 2.05) is 4.90 Å². The number of carbonyl (C=O) groups is 1. The van der Waals surface area contributed by atoms with Gasteiger partial charge in [0.15, 0.2) is 0 Å². The number of carbonyl (C=O) groups excluding carboxylic acids is 1. The predicted molar refractivity (Wildman–Crippen MR) is 78.2 cm³/mol. The Balaban J connectivity index is 1.61. The number of hydrogen-bond acceptors (Lipinski definition) is 3. The summed E-state index contributed by atoms with van der Waals surface area (Å²) in [5.74, 6) is 0.344. The average Bonchev–Trinajstić information content (AvgIpc) is 2.95. The van der Waals surface area contributed by atoms with E-state index in [4.69, 9.17) is 0 Å². The van der Waals surface area contributed by atoms with Gasteiger partial charge < -0.3 is 9.80 Å². The van der Waals surface area contributed by atoms with Gasteiger partial charge >= 0.3 is 0 Å². The van der Waals surface area contributed by atoms with E-state index in [0.717, 1.165) is 39.3 Å². The lowest BCUT2D eigenvalue weighted by atomic mass is 10.2. The first-order chi connectivity index (χ1) is 9.29. The minimum Gasteiger partial charge on any atom is -0.342 e. The van der Waals surface area contributed by atoms with Gasteiger partial charge in [0.1, 0.15) is 0 Å². The molecule has 110 valence electrons.